The van der Waals surface area contributed by atoms with E-state index in [1.807, 2.05) is 12.1 Å². The number of halogens is 1. The third-order valence-electron chi connectivity index (χ3n) is 2.23. The van der Waals surface area contributed by atoms with Crippen LogP contribution in [0.2, 0.25) is 0 Å². The van der Waals surface area contributed by atoms with Gasteiger partial charge in [-0.1, -0.05) is 0 Å². The van der Waals surface area contributed by atoms with Crippen LogP contribution in [-0.2, 0) is 4.79 Å². The number of rotatable bonds is 3. The molecule has 0 aliphatic carbocycles. The molecule has 4 nitrogen and oxygen atoms in total. The number of carbonyl (C=O) groups excluding carboxylic acids is 1. The average Bonchev–Trinajstić information content (AvgIpc) is 2.63. The molecule has 0 spiro atoms. The van der Waals surface area contributed by atoms with E-state index in [1.54, 1.807) is 6.20 Å². The summed E-state index contributed by atoms with van der Waals surface area (Å²) in [4.78, 5) is 15.0. The number of ether oxygens (including phenoxy) is 1. The summed E-state index contributed by atoms with van der Waals surface area (Å²) in [6.07, 6.45) is 3.11. The van der Waals surface area contributed by atoms with Crippen LogP contribution in [0.4, 0.5) is 0 Å². The van der Waals surface area contributed by atoms with E-state index in [9.17, 15) is 4.79 Å². The molecule has 1 aromatic rings. The fraction of sp³-hybridized carbons (Fsp3) is 0.400. The Morgan fingerprint density at radius 3 is 3.20 bits per heavy atom. The monoisotopic (exact) mass is 270 g/mol. The number of nitrogens with zero attached hydrogens (tertiary/aromatic N) is 1. The molecule has 80 valence electrons. The Hall–Kier alpha value is -1.10. The largest absolute Gasteiger partial charge is 0.475 e. The molecule has 2 heterocycles. The van der Waals surface area contributed by atoms with E-state index in [0.29, 0.717) is 18.9 Å². The number of hydrogen-bond donors (Lipinski definition) is 1. The van der Waals surface area contributed by atoms with Gasteiger partial charge in [-0.2, -0.15) is 0 Å². The lowest BCUT2D eigenvalue weighted by Gasteiger charge is -2.11. The van der Waals surface area contributed by atoms with Crippen molar-refractivity contribution in [3.63, 3.8) is 0 Å². The van der Waals surface area contributed by atoms with Crippen molar-refractivity contribution in [3.05, 3.63) is 22.8 Å². The van der Waals surface area contributed by atoms with Crippen LogP contribution in [0, 0.1) is 0 Å². The number of carbonyl (C=O) groups is 1. The number of amides is 1. The first-order chi connectivity index (χ1) is 7.25. The topological polar surface area (TPSA) is 51.2 Å². The maximum absolute atomic E-state index is 10.9. The van der Waals surface area contributed by atoms with E-state index >= 15 is 0 Å². The second-order valence-electron chi connectivity index (χ2n) is 3.40. The molecule has 15 heavy (non-hydrogen) atoms. The Morgan fingerprint density at radius 1 is 1.67 bits per heavy atom. The average molecular weight is 271 g/mol. The molecule has 0 unspecified atom stereocenters. The maximum Gasteiger partial charge on any atom is 0.228 e. The minimum atomic E-state index is 0.101. The van der Waals surface area contributed by atoms with Gasteiger partial charge in [0.05, 0.1) is 10.5 Å². The highest BCUT2D eigenvalue weighted by molar-refractivity contribution is 9.10. The third-order valence-corrected chi connectivity index (χ3v) is 2.83. The Morgan fingerprint density at radius 2 is 2.53 bits per heavy atom. The fourth-order valence-electron chi connectivity index (χ4n) is 1.46. The number of pyridine rings is 1. The lowest BCUT2D eigenvalue weighted by molar-refractivity contribution is -0.119. The highest BCUT2D eigenvalue weighted by Crippen LogP contribution is 2.21. The smallest absolute Gasteiger partial charge is 0.228 e. The Kier molecular flexibility index (Phi) is 3.20. The van der Waals surface area contributed by atoms with Gasteiger partial charge in [-0.15, -0.1) is 0 Å². The van der Waals surface area contributed by atoms with Gasteiger partial charge >= 0.3 is 0 Å². The van der Waals surface area contributed by atoms with E-state index < -0.39 is 0 Å². The van der Waals surface area contributed by atoms with E-state index in [1.165, 1.54) is 0 Å². The Labute approximate surface area is 96.2 Å². The summed E-state index contributed by atoms with van der Waals surface area (Å²) in [5.74, 6) is 0.669. The Bertz CT molecular complexity index is 370. The summed E-state index contributed by atoms with van der Waals surface area (Å²) >= 11 is 3.34. The van der Waals surface area contributed by atoms with Crippen molar-refractivity contribution in [2.75, 3.05) is 6.61 Å². The molecule has 1 amide bonds. The van der Waals surface area contributed by atoms with Crippen LogP contribution in [0.3, 0.4) is 0 Å². The Balaban J connectivity index is 1.88. The number of hydrogen-bond acceptors (Lipinski definition) is 3. The molecule has 1 aliphatic rings. The minimum Gasteiger partial charge on any atom is -0.475 e. The molecule has 0 radical (unpaired) electrons. The number of nitrogens with one attached hydrogen (secondary N) is 1. The zero-order chi connectivity index (χ0) is 10.7. The first-order valence-electron chi connectivity index (χ1n) is 4.78. The molecular weight excluding hydrogens is 260 g/mol. The maximum atomic E-state index is 10.9. The third kappa shape index (κ3) is 2.68. The molecule has 1 fully saturated rings. The summed E-state index contributed by atoms with van der Waals surface area (Å²) in [5, 5.41) is 2.84. The van der Waals surface area contributed by atoms with Crippen LogP contribution in [-0.4, -0.2) is 23.5 Å². The zero-order valence-corrected chi connectivity index (χ0v) is 9.66. The second-order valence-corrected chi connectivity index (χ2v) is 4.26. The van der Waals surface area contributed by atoms with Crippen molar-refractivity contribution in [3.8, 4) is 5.88 Å². The fourth-order valence-corrected chi connectivity index (χ4v) is 1.83. The summed E-state index contributed by atoms with van der Waals surface area (Å²) in [5.41, 5.74) is 0. The molecular formula is C10H11BrN2O2. The molecule has 0 bridgehead atoms. The van der Waals surface area contributed by atoms with Gasteiger partial charge in [-0.3, -0.25) is 4.79 Å². The van der Waals surface area contributed by atoms with Crippen LogP contribution in [0.15, 0.2) is 22.8 Å². The van der Waals surface area contributed by atoms with Gasteiger partial charge < -0.3 is 10.1 Å². The van der Waals surface area contributed by atoms with Gasteiger partial charge in [0, 0.05) is 12.6 Å². The van der Waals surface area contributed by atoms with Crippen LogP contribution >= 0.6 is 15.9 Å². The van der Waals surface area contributed by atoms with Crippen molar-refractivity contribution in [2.24, 2.45) is 0 Å². The standard InChI is InChI=1S/C10H11BrN2O2/c11-8-2-1-5-12-10(8)15-6-7-3-4-9(14)13-7/h1-2,5,7H,3-4,6H2,(H,13,14)/t7-/m1/s1. The van der Waals surface area contributed by atoms with E-state index in [0.717, 1.165) is 10.9 Å². The molecule has 1 N–H and O–H groups in total. The van der Waals surface area contributed by atoms with Gasteiger partial charge in [-0.05, 0) is 34.5 Å². The van der Waals surface area contributed by atoms with Crippen molar-refractivity contribution < 1.29 is 9.53 Å². The van der Waals surface area contributed by atoms with E-state index in [-0.39, 0.29) is 11.9 Å². The van der Waals surface area contributed by atoms with Crippen molar-refractivity contribution in [1.29, 1.82) is 0 Å². The normalized spacial score (nSPS) is 20.1. The van der Waals surface area contributed by atoms with Crippen LogP contribution < -0.4 is 10.1 Å². The van der Waals surface area contributed by atoms with E-state index in [2.05, 4.69) is 26.2 Å². The summed E-state index contributed by atoms with van der Waals surface area (Å²) < 4.78 is 6.32. The van der Waals surface area contributed by atoms with Crippen molar-refractivity contribution in [1.82, 2.24) is 10.3 Å². The minimum absolute atomic E-state index is 0.101. The molecule has 1 atom stereocenters. The first kappa shape index (κ1) is 10.4. The van der Waals surface area contributed by atoms with Gasteiger partial charge in [0.25, 0.3) is 0 Å². The first-order valence-corrected chi connectivity index (χ1v) is 5.57. The van der Waals surface area contributed by atoms with Gasteiger partial charge in [0.2, 0.25) is 11.8 Å². The predicted octanol–water partition coefficient (Wildman–Crippen LogP) is 1.50. The quantitative estimate of drug-likeness (QED) is 0.906. The SMILES string of the molecule is O=C1CC[C@H](COc2ncccc2Br)N1. The van der Waals surface area contributed by atoms with Gasteiger partial charge in [0.1, 0.15) is 6.61 Å². The molecule has 0 saturated carbocycles. The molecule has 2 rings (SSSR count). The van der Waals surface area contributed by atoms with Crippen molar-refractivity contribution >= 4 is 21.8 Å². The highest BCUT2D eigenvalue weighted by Gasteiger charge is 2.21. The van der Waals surface area contributed by atoms with E-state index in [4.69, 9.17) is 4.74 Å². The molecule has 5 heteroatoms. The molecule has 0 aromatic carbocycles. The summed E-state index contributed by atoms with van der Waals surface area (Å²) in [6.45, 7) is 0.474. The molecule has 1 aliphatic heterocycles. The molecule has 1 aromatic heterocycles. The van der Waals surface area contributed by atoms with Gasteiger partial charge in [0.15, 0.2) is 0 Å². The van der Waals surface area contributed by atoms with Crippen LogP contribution in [0.5, 0.6) is 5.88 Å². The highest BCUT2D eigenvalue weighted by atomic mass is 79.9. The summed E-state index contributed by atoms with van der Waals surface area (Å²) in [6, 6.07) is 3.82. The summed E-state index contributed by atoms with van der Waals surface area (Å²) in [7, 11) is 0. The predicted molar refractivity (Wildman–Crippen MR) is 58.6 cm³/mol. The lowest BCUT2D eigenvalue weighted by atomic mass is 10.2. The van der Waals surface area contributed by atoms with Crippen LogP contribution in [0.1, 0.15) is 12.8 Å². The van der Waals surface area contributed by atoms with Crippen LogP contribution in [0.25, 0.3) is 0 Å². The van der Waals surface area contributed by atoms with Gasteiger partial charge in [-0.25, -0.2) is 4.98 Å². The lowest BCUT2D eigenvalue weighted by Crippen LogP contribution is -2.31. The second kappa shape index (κ2) is 4.61. The molecule has 1 saturated heterocycles. The number of aromatic nitrogens is 1. The zero-order valence-electron chi connectivity index (χ0n) is 8.07. The van der Waals surface area contributed by atoms with Crippen molar-refractivity contribution in [2.45, 2.75) is 18.9 Å².